The van der Waals surface area contributed by atoms with Gasteiger partial charge in [-0.3, -0.25) is 14.4 Å². The summed E-state index contributed by atoms with van der Waals surface area (Å²) >= 11 is 0. The summed E-state index contributed by atoms with van der Waals surface area (Å²) in [6.45, 7) is 5.35. The number of likely N-dealkylation sites (N-methyl/N-ethyl adjacent to an activating group) is 1. The first-order chi connectivity index (χ1) is 21.0. The van der Waals surface area contributed by atoms with E-state index in [0.29, 0.717) is 37.5 Å². The normalized spacial score (nSPS) is 27.6. The molecule has 1 aromatic rings. The molecule has 44 heavy (non-hydrogen) atoms. The van der Waals surface area contributed by atoms with E-state index in [1.807, 2.05) is 26.1 Å². The average Bonchev–Trinajstić information content (AvgIpc) is 3.34. The van der Waals surface area contributed by atoms with E-state index in [0.717, 1.165) is 30.9 Å². The summed E-state index contributed by atoms with van der Waals surface area (Å²) in [5.74, 6) is -1.94. The summed E-state index contributed by atoms with van der Waals surface area (Å²) < 4.78 is 33.5. The van der Waals surface area contributed by atoms with Crippen LogP contribution >= 0.6 is 0 Å². The Kier molecular flexibility index (Phi) is 9.06. The number of likely N-dealkylation sites (tertiary alicyclic amines) is 1. The molecule has 0 aromatic heterocycles. The molecule has 12 heteroatoms. The number of unbranched alkanes of at least 4 members (excludes halogenated alkanes) is 1. The maximum absolute atomic E-state index is 13.3. The van der Waals surface area contributed by atoms with E-state index in [9.17, 15) is 24.3 Å². The van der Waals surface area contributed by atoms with Gasteiger partial charge in [0.2, 0.25) is 6.10 Å². The van der Waals surface area contributed by atoms with Crippen LogP contribution in [0.25, 0.3) is 0 Å². The molecular formula is C32H41NO11. The Morgan fingerprint density at radius 3 is 2.68 bits per heavy atom. The van der Waals surface area contributed by atoms with Gasteiger partial charge < -0.3 is 38.4 Å². The molecule has 2 aliphatic heterocycles. The van der Waals surface area contributed by atoms with E-state index >= 15 is 0 Å². The van der Waals surface area contributed by atoms with Crippen LogP contribution in [0.1, 0.15) is 64.0 Å². The van der Waals surface area contributed by atoms with E-state index in [2.05, 4.69) is 4.90 Å². The van der Waals surface area contributed by atoms with Crippen LogP contribution in [0.5, 0.6) is 11.5 Å². The zero-order chi connectivity index (χ0) is 31.8. The largest absolute Gasteiger partial charge is 0.493 e. The molecule has 240 valence electrons. The number of carbonyl (C=O) groups excluding carboxylic acids is 4. The third-order valence-corrected chi connectivity index (χ3v) is 9.35. The second-order valence-corrected chi connectivity index (χ2v) is 12.0. The van der Waals surface area contributed by atoms with Gasteiger partial charge in [-0.1, -0.05) is 19.4 Å². The van der Waals surface area contributed by atoms with Gasteiger partial charge in [-0.05, 0) is 57.5 Å². The van der Waals surface area contributed by atoms with Crippen LogP contribution < -0.4 is 9.47 Å². The van der Waals surface area contributed by atoms with Gasteiger partial charge in [-0.2, -0.15) is 0 Å². The fraction of sp³-hybridized carbons (Fsp3) is 0.625. The van der Waals surface area contributed by atoms with Gasteiger partial charge >= 0.3 is 17.9 Å². The van der Waals surface area contributed by atoms with Crippen LogP contribution in [-0.4, -0.2) is 97.6 Å². The Morgan fingerprint density at radius 1 is 1.20 bits per heavy atom. The quantitative estimate of drug-likeness (QED) is 0.197. The maximum atomic E-state index is 13.3. The smallest absolute Gasteiger partial charge is 0.348 e. The number of rotatable bonds is 13. The molecule has 0 unspecified atom stereocenters. The summed E-state index contributed by atoms with van der Waals surface area (Å²) in [5, 5.41) is 12.3. The number of hydrogen-bond donors (Lipinski definition) is 1. The number of carbonyl (C=O) groups is 4. The van der Waals surface area contributed by atoms with Crippen molar-refractivity contribution in [1.82, 2.24) is 4.90 Å². The average molecular weight is 616 g/mol. The number of hydrogen-bond acceptors (Lipinski definition) is 12. The molecular weight excluding hydrogens is 574 g/mol. The van der Waals surface area contributed by atoms with Crippen LogP contribution in [0, 0.1) is 0 Å². The van der Waals surface area contributed by atoms with Crippen molar-refractivity contribution in [3.05, 3.63) is 35.1 Å². The summed E-state index contributed by atoms with van der Waals surface area (Å²) in [7, 11) is 3.55. The number of methoxy groups -OCH3 is 1. The second kappa shape index (κ2) is 12.5. The Morgan fingerprint density at radius 2 is 1.98 bits per heavy atom. The molecule has 12 nitrogen and oxygen atoms in total. The lowest BCUT2D eigenvalue weighted by Gasteiger charge is -2.61. The molecule has 2 heterocycles. The van der Waals surface area contributed by atoms with Crippen molar-refractivity contribution in [2.45, 2.75) is 94.7 Å². The molecule has 1 saturated heterocycles. The molecule has 2 bridgehead atoms. The molecule has 0 saturated carbocycles. The number of Topliss-reactive ketones (excluding diaryl/α,β-unsaturated/α-hetero) is 1. The minimum absolute atomic E-state index is 0.174. The topological polar surface area (TPSA) is 147 Å². The lowest BCUT2D eigenvalue weighted by molar-refractivity contribution is -0.177. The van der Waals surface area contributed by atoms with Crippen molar-refractivity contribution in [3.8, 4) is 11.5 Å². The maximum Gasteiger partial charge on any atom is 0.348 e. The highest BCUT2D eigenvalue weighted by molar-refractivity contribution is 5.89. The Hall–Kier alpha value is -3.48. The molecule has 1 N–H and O–H groups in total. The van der Waals surface area contributed by atoms with E-state index in [-0.39, 0.29) is 24.8 Å². The molecule has 4 aliphatic rings. The van der Waals surface area contributed by atoms with Gasteiger partial charge in [0.15, 0.2) is 29.5 Å². The molecule has 0 radical (unpaired) electrons. The minimum atomic E-state index is -1.63. The van der Waals surface area contributed by atoms with Crippen molar-refractivity contribution in [1.29, 1.82) is 0 Å². The standard InChI is InChI=1S/C32H41NO11/c1-6-7-14-40-17-21(35)18(2)41-30(37)24(42-19(3)34)16-26(36)43-23-10-11-32(38)25-15-20-8-9-22(39-5)28-27(20)31(32,29(23)44-28)12-13-33(25)4/h8-10,18,24-25,29,38H,6-7,11-17H2,1-5H3/t18-,24-,25+,29-,31-,32+/m0/s1. The van der Waals surface area contributed by atoms with Crippen LogP contribution in [0.3, 0.4) is 0 Å². The number of nitrogens with zero attached hydrogens (tertiary/aromatic N) is 1. The van der Waals surface area contributed by atoms with Crippen LogP contribution in [-0.2, 0) is 50.0 Å². The van der Waals surface area contributed by atoms with E-state index in [4.69, 9.17) is 28.4 Å². The first-order valence-electron chi connectivity index (χ1n) is 15.1. The lowest BCUT2D eigenvalue weighted by Crippen LogP contribution is -2.74. The summed E-state index contributed by atoms with van der Waals surface area (Å²) in [6, 6.07) is 3.67. The van der Waals surface area contributed by atoms with Gasteiger partial charge in [0.25, 0.3) is 0 Å². The molecule has 2 aliphatic carbocycles. The third kappa shape index (κ3) is 5.37. The first-order valence-corrected chi connectivity index (χ1v) is 15.1. The summed E-state index contributed by atoms with van der Waals surface area (Å²) in [6.07, 6.45) is 0.490. The van der Waals surface area contributed by atoms with E-state index < -0.39 is 59.4 Å². The van der Waals surface area contributed by atoms with Gasteiger partial charge in [0.1, 0.15) is 12.4 Å². The number of ketones is 1. The van der Waals surface area contributed by atoms with Gasteiger partial charge in [0.05, 0.1) is 24.5 Å². The molecule has 1 aromatic carbocycles. The number of benzene rings is 1. The monoisotopic (exact) mass is 615 g/mol. The van der Waals surface area contributed by atoms with Gasteiger partial charge in [-0.15, -0.1) is 0 Å². The fourth-order valence-corrected chi connectivity index (χ4v) is 7.14. The first kappa shape index (κ1) is 31.9. The fourth-order valence-electron chi connectivity index (χ4n) is 7.14. The Labute approximate surface area is 256 Å². The van der Waals surface area contributed by atoms with Crippen molar-refractivity contribution >= 4 is 23.7 Å². The van der Waals surface area contributed by atoms with Crippen molar-refractivity contribution in [3.63, 3.8) is 0 Å². The second-order valence-electron chi connectivity index (χ2n) is 12.0. The Balaban J connectivity index is 1.33. The number of aliphatic hydroxyl groups is 1. The van der Waals surface area contributed by atoms with Crippen molar-refractivity contribution in [2.75, 3.05) is 33.9 Å². The van der Waals surface area contributed by atoms with Crippen molar-refractivity contribution < 1.29 is 52.7 Å². The van der Waals surface area contributed by atoms with Crippen LogP contribution in [0.2, 0.25) is 0 Å². The predicted molar refractivity (Wildman–Crippen MR) is 154 cm³/mol. The Bertz CT molecular complexity index is 1360. The highest BCUT2D eigenvalue weighted by Gasteiger charge is 2.72. The third-order valence-electron chi connectivity index (χ3n) is 9.35. The van der Waals surface area contributed by atoms with Crippen molar-refractivity contribution in [2.24, 2.45) is 0 Å². The lowest BCUT2D eigenvalue weighted by atomic mass is 9.50. The molecule has 5 rings (SSSR count). The van der Waals surface area contributed by atoms with Gasteiger partial charge in [0, 0.05) is 31.6 Å². The number of ether oxygens (including phenoxy) is 6. The SMILES string of the molecule is CCCCOCC(=O)[C@H](C)OC(=O)[C@H](CC(=O)OC1=CC[C@@]2(O)[C@H]3Cc4ccc(OC)c5c4[C@@]2(CCN3C)[C@H]1O5)OC(C)=O. The number of esters is 3. The van der Waals surface area contributed by atoms with Gasteiger partial charge in [-0.25, -0.2) is 4.79 Å². The summed E-state index contributed by atoms with van der Waals surface area (Å²) in [4.78, 5) is 52.5. The molecule has 0 amide bonds. The van der Waals surface area contributed by atoms with Crippen LogP contribution in [0.4, 0.5) is 0 Å². The predicted octanol–water partition coefficient (Wildman–Crippen LogP) is 2.16. The highest BCUT2D eigenvalue weighted by atomic mass is 16.6. The summed E-state index contributed by atoms with van der Waals surface area (Å²) in [5.41, 5.74) is -0.129. The molecule has 6 atom stereocenters. The molecule has 1 spiro atoms. The molecule has 1 fully saturated rings. The zero-order valence-electron chi connectivity index (χ0n) is 25.9. The highest BCUT2D eigenvalue weighted by Crippen LogP contribution is 2.65. The van der Waals surface area contributed by atoms with E-state index in [1.165, 1.54) is 6.92 Å². The van der Waals surface area contributed by atoms with E-state index in [1.54, 1.807) is 13.2 Å². The number of piperidine rings is 1. The zero-order valence-corrected chi connectivity index (χ0v) is 25.9. The van der Waals surface area contributed by atoms with Crippen LogP contribution in [0.15, 0.2) is 24.0 Å². The minimum Gasteiger partial charge on any atom is -0.493 e.